The first-order chi connectivity index (χ1) is 8.60. The van der Waals surface area contributed by atoms with Crippen molar-refractivity contribution in [1.29, 1.82) is 0 Å². The fourth-order valence-corrected chi connectivity index (χ4v) is 2.04. The molecule has 102 valence electrons. The monoisotopic (exact) mass is 273 g/mol. The summed E-state index contributed by atoms with van der Waals surface area (Å²) in [6.07, 6.45) is 1.63. The Bertz CT molecular complexity index is 373. The van der Waals surface area contributed by atoms with E-state index in [0.29, 0.717) is 12.0 Å². The Morgan fingerprint density at radius 2 is 2.17 bits per heavy atom. The molecule has 0 saturated heterocycles. The summed E-state index contributed by atoms with van der Waals surface area (Å²) in [6, 6.07) is 5.19. The molecule has 1 aromatic rings. The van der Waals surface area contributed by atoms with Crippen LogP contribution in [-0.4, -0.2) is 25.8 Å². The van der Waals surface area contributed by atoms with Gasteiger partial charge in [-0.25, -0.2) is 4.39 Å². The lowest BCUT2D eigenvalue weighted by Gasteiger charge is -2.24. The van der Waals surface area contributed by atoms with Crippen molar-refractivity contribution in [3.05, 3.63) is 34.6 Å². The molecular formula is C14H21ClFNO. The highest BCUT2D eigenvalue weighted by molar-refractivity contribution is 6.30. The van der Waals surface area contributed by atoms with Gasteiger partial charge in [0.1, 0.15) is 5.82 Å². The van der Waals surface area contributed by atoms with Crippen LogP contribution in [0.2, 0.25) is 5.02 Å². The quantitative estimate of drug-likeness (QED) is 0.822. The largest absolute Gasteiger partial charge is 0.380 e. The summed E-state index contributed by atoms with van der Waals surface area (Å²) >= 11 is 5.79. The third-order valence-electron chi connectivity index (χ3n) is 3.07. The summed E-state index contributed by atoms with van der Waals surface area (Å²) in [6.45, 7) is 4.97. The maximum Gasteiger partial charge on any atom is 0.145 e. The van der Waals surface area contributed by atoms with E-state index in [-0.39, 0.29) is 23.0 Å². The molecule has 0 aliphatic carbocycles. The van der Waals surface area contributed by atoms with Gasteiger partial charge in [0.05, 0.1) is 11.1 Å². The molecule has 0 spiro atoms. The molecule has 4 heteroatoms. The fourth-order valence-electron chi connectivity index (χ4n) is 1.84. The minimum atomic E-state index is -0.328. The Labute approximate surface area is 113 Å². The molecule has 0 aliphatic rings. The van der Waals surface area contributed by atoms with Crippen molar-refractivity contribution in [3.8, 4) is 0 Å². The Morgan fingerprint density at radius 1 is 1.44 bits per heavy atom. The summed E-state index contributed by atoms with van der Waals surface area (Å²) in [4.78, 5) is 0. The zero-order chi connectivity index (χ0) is 13.5. The maximum absolute atomic E-state index is 13.9. The van der Waals surface area contributed by atoms with Gasteiger partial charge in [-0.1, -0.05) is 30.7 Å². The van der Waals surface area contributed by atoms with E-state index >= 15 is 0 Å². The second kappa shape index (κ2) is 7.72. The van der Waals surface area contributed by atoms with Crippen molar-refractivity contribution in [1.82, 2.24) is 5.32 Å². The van der Waals surface area contributed by atoms with Gasteiger partial charge in [-0.05, 0) is 37.9 Å². The lowest BCUT2D eigenvalue weighted by Crippen LogP contribution is -2.41. The molecule has 0 bridgehead atoms. The van der Waals surface area contributed by atoms with Crippen LogP contribution in [0.4, 0.5) is 4.39 Å². The standard InChI is InChI=1S/C14H21ClFNO/c1-4-8-17-13(10(2)18-3)9-11-6-5-7-12(15)14(11)16/h5-7,10,13,17H,4,8-9H2,1-3H3. The highest BCUT2D eigenvalue weighted by Crippen LogP contribution is 2.20. The first-order valence-corrected chi connectivity index (χ1v) is 6.67. The molecule has 18 heavy (non-hydrogen) atoms. The molecule has 0 aromatic heterocycles. The molecule has 2 atom stereocenters. The lowest BCUT2D eigenvalue weighted by atomic mass is 10.0. The van der Waals surface area contributed by atoms with Crippen molar-refractivity contribution in [2.45, 2.75) is 38.8 Å². The smallest absolute Gasteiger partial charge is 0.145 e. The van der Waals surface area contributed by atoms with Gasteiger partial charge in [0.25, 0.3) is 0 Å². The van der Waals surface area contributed by atoms with E-state index in [0.717, 1.165) is 13.0 Å². The van der Waals surface area contributed by atoms with Gasteiger partial charge in [0.2, 0.25) is 0 Å². The van der Waals surface area contributed by atoms with Gasteiger partial charge >= 0.3 is 0 Å². The third kappa shape index (κ3) is 4.23. The maximum atomic E-state index is 13.9. The van der Waals surface area contributed by atoms with Crippen LogP contribution < -0.4 is 5.32 Å². The molecule has 0 saturated carbocycles. The van der Waals surface area contributed by atoms with Gasteiger partial charge in [0.15, 0.2) is 0 Å². The molecule has 1 aromatic carbocycles. The van der Waals surface area contributed by atoms with Crippen LogP contribution in [0.15, 0.2) is 18.2 Å². The number of halogens is 2. The van der Waals surface area contributed by atoms with Gasteiger partial charge < -0.3 is 10.1 Å². The molecule has 1 N–H and O–H groups in total. The van der Waals surface area contributed by atoms with Crippen molar-refractivity contribution in [3.63, 3.8) is 0 Å². The Morgan fingerprint density at radius 3 is 2.78 bits per heavy atom. The minimum Gasteiger partial charge on any atom is -0.380 e. The summed E-state index contributed by atoms with van der Waals surface area (Å²) < 4.78 is 19.2. The van der Waals surface area contributed by atoms with Gasteiger partial charge in [-0.15, -0.1) is 0 Å². The minimum absolute atomic E-state index is 0.0231. The summed E-state index contributed by atoms with van der Waals surface area (Å²) in [5.41, 5.74) is 0.625. The Hall–Kier alpha value is -0.640. The SMILES string of the molecule is CCCNC(Cc1cccc(Cl)c1F)C(C)OC. The molecule has 0 amide bonds. The number of hydrogen-bond acceptors (Lipinski definition) is 2. The van der Waals surface area contributed by atoms with Crippen molar-refractivity contribution >= 4 is 11.6 Å². The highest BCUT2D eigenvalue weighted by Gasteiger charge is 2.19. The molecule has 0 aliphatic heterocycles. The number of rotatable bonds is 7. The van der Waals surface area contributed by atoms with Gasteiger partial charge in [0, 0.05) is 13.2 Å². The molecule has 2 nitrogen and oxygen atoms in total. The predicted octanol–water partition coefficient (Wildman–Crippen LogP) is 3.42. The zero-order valence-electron chi connectivity index (χ0n) is 11.2. The van der Waals surface area contributed by atoms with Crippen molar-refractivity contribution in [2.75, 3.05) is 13.7 Å². The number of benzene rings is 1. The van der Waals surface area contributed by atoms with E-state index < -0.39 is 0 Å². The van der Waals surface area contributed by atoms with E-state index in [2.05, 4.69) is 12.2 Å². The van der Waals surface area contributed by atoms with Crippen LogP contribution in [0.25, 0.3) is 0 Å². The number of ether oxygens (including phenoxy) is 1. The van der Waals surface area contributed by atoms with Crippen LogP contribution in [0.1, 0.15) is 25.8 Å². The van der Waals surface area contributed by atoms with E-state index in [1.165, 1.54) is 0 Å². The highest BCUT2D eigenvalue weighted by atomic mass is 35.5. The molecule has 1 rings (SSSR count). The van der Waals surface area contributed by atoms with Crippen LogP contribution in [0, 0.1) is 5.82 Å². The molecular weight excluding hydrogens is 253 g/mol. The van der Waals surface area contributed by atoms with Gasteiger partial charge in [-0.2, -0.15) is 0 Å². The number of hydrogen-bond donors (Lipinski definition) is 1. The van der Waals surface area contributed by atoms with Crippen molar-refractivity contribution in [2.24, 2.45) is 0 Å². The van der Waals surface area contributed by atoms with Crippen LogP contribution in [-0.2, 0) is 11.2 Å². The van der Waals surface area contributed by atoms with Crippen LogP contribution in [0.5, 0.6) is 0 Å². The van der Waals surface area contributed by atoms with Crippen LogP contribution >= 0.6 is 11.6 Å². The second-order valence-electron chi connectivity index (χ2n) is 4.42. The lowest BCUT2D eigenvalue weighted by molar-refractivity contribution is 0.0828. The summed E-state index contributed by atoms with van der Waals surface area (Å²) in [5, 5.41) is 3.55. The fraction of sp³-hybridized carbons (Fsp3) is 0.571. The Kier molecular flexibility index (Phi) is 6.61. The average molecular weight is 274 g/mol. The first-order valence-electron chi connectivity index (χ1n) is 6.29. The van der Waals surface area contributed by atoms with E-state index in [1.807, 2.05) is 6.92 Å². The van der Waals surface area contributed by atoms with E-state index in [4.69, 9.17) is 16.3 Å². The zero-order valence-corrected chi connectivity index (χ0v) is 11.9. The molecule has 0 heterocycles. The first kappa shape index (κ1) is 15.4. The molecule has 0 radical (unpaired) electrons. The predicted molar refractivity (Wildman–Crippen MR) is 73.7 cm³/mol. The second-order valence-corrected chi connectivity index (χ2v) is 4.83. The normalized spacial score (nSPS) is 14.5. The molecule has 0 fully saturated rings. The molecule has 2 unspecified atom stereocenters. The number of methoxy groups -OCH3 is 1. The third-order valence-corrected chi connectivity index (χ3v) is 3.36. The Balaban J connectivity index is 2.78. The summed E-state index contributed by atoms with van der Waals surface area (Å²) in [5.74, 6) is -0.328. The summed E-state index contributed by atoms with van der Waals surface area (Å²) in [7, 11) is 1.67. The average Bonchev–Trinajstić information content (AvgIpc) is 2.38. The number of nitrogens with one attached hydrogen (secondary N) is 1. The van der Waals surface area contributed by atoms with Gasteiger partial charge in [-0.3, -0.25) is 0 Å². The topological polar surface area (TPSA) is 21.3 Å². The van der Waals surface area contributed by atoms with E-state index in [9.17, 15) is 4.39 Å². The van der Waals surface area contributed by atoms with E-state index in [1.54, 1.807) is 25.3 Å². The van der Waals surface area contributed by atoms with Crippen LogP contribution in [0.3, 0.4) is 0 Å². The van der Waals surface area contributed by atoms with Crippen molar-refractivity contribution < 1.29 is 9.13 Å².